The van der Waals surface area contributed by atoms with E-state index in [-0.39, 0.29) is 19.1 Å². The minimum absolute atomic E-state index is 0.161. The van der Waals surface area contributed by atoms with Gasteiger partial charge in [-0.2, -0.15) is 0 Å². The van der Waals surface area contributed by atoms with Gasteiger partial charge in [0.25, 0.3) is 5.91 Å². The molecule has 6 heteroatoms. The minimum atomic E-state index is -0.964. The van der Waals surface area contributed by atoms with Gasteiger partial charge < -0.3 is 15.2 Å². The number of rotatable bonds is 3. The van der Waals surface area contributed by atoms with Gasteiger partial charge in [0, 0.05) is 24.0 Å². The second kappa shape index (κ2) is 5.57. The molecule has 1 aromatic carbocycles. The van der Waals surface area contributed by atoms with Crippen LogP contribution in [0.5, 0.6) is 0 Å². The molecule has 98 valence electrons. The lowest BCUT2D eigenvalue weighted by Gasteiger charge is -2.20. The number of hydrogen-bond donors (Lipinski definition) is 2. The number of ether oxygens (including phenoxy) is 1. The highest BCUT2D eigenvalue weighted by atomic mass is 79.9. The van der Waals surface area contributed by atoms with Crippen molar-refractivity contribution in [1.29, 1.82) is 0 Å². The van der Waals surface area contributed by atoms with Gasteiger partial charge in [0.2, 0.25) is 0 Å². The van der Waals surface area contributed by atoms with E-state index < -0.39 is 5.60 Å². The van der Waals surface area contributed by atoms with Gasteiger partial charge in [0.05, 0.1) is 17.2 Å². The lowest BCUT2D eigenvalue weighted by Crippen LogP contribution is -2.43. The van der Waals surface area contributed by atoms with Crippen molar-refractivity contribution in [3.05, 3.63) is 33.3 Å². The Morgan fingerprint density at radius 2 is 2.39 bits per heavy atom. The van der Waals surface area contributed by atoms with Gasteiger partial charge in [-0.1, -0.05) is 27.5 Å². The van der Waals surface area contributed by atoms with Crippen LogP contribution in [0.15, 0.2) is 22.7 Å². The first-order valence-electron chi connectivity index (χ1n) is 5.54. The molecule has 0 aliphatic carbocycles. The van der Waals surface area contributed by atoms with Crippen LogP contribution in [0.1, 0.15) is 16.8 Å². The maximum atomic E-state index is 11.9. The van der Waals surface area contributed by atoms with Gasteiger partial charge >= 0.3 is 0 Å². The van der Waals surface area contributed by atoms with Crippen LogP contribution in [0.2, 0.25) is 5.02 Å². The molecule has 1 atom stereocenters. The summed E-state index contributed by atoms with van der Waals surface area (Å²) in [4.78, 5) is 11.9. The molecule has 0 saturated carbocycles. The molecule has 4 nitrogen and oxygen atoms in total. The molecule has 1 aliphatic rings. The number of amides is 1. The van der Waals surface area contributed by atoms with E-state index in [2.05, 4.69) is 21.2 Å². The normalized spacial score (nSPS) is 23.1. The number of halogens is 2. The lowest BCUT2D eigenvalue weighted by molar-refractivity contribution is 0.0264. The summed E-state index contributed by atoms with van der Waals surface area (Å²) >= 11 is 9.24. The molecule has 0 aromatic heterocycles. The standard InChI is InChI=1S/C12H13BrClNO3/c13-8-1-2-10(14)9(5-8)11(16)15-6-12(17)3-4-18-7-12/h1-2,5,17H,3-4,6-7H2,(H,15,16)/t12-/m1/s1. The third-order valence-electron chi connectivity index (χ3n) is 2.83. The van der Waals surface area contributed by atoms with Crippen LogP contribution in [-0.4, -0.2) is 36.4 Å². The second-order valence-corrected chi connectivity index (χ2v) is 5.66. The fourth-order valence-electron chi connectivity index (χ4n) is 1.75. The molecule has 0 spiro atoms. The van der Waals surface area contributed by atoms with Crippen molar-refractivity contribution in [3.8, 4) is 0 Å². The third-order valence-corrected chi connectivity index (χ3v) is 3.66. The van der Waals surface area contributed by atoms with E-state index in [1.165, 1.54) is 0 Å². The van der Waals surface area contributed by atoms with Crippen molar-refractivity contribution in [2.24, 2.45) is 0 Å². The fraction of sp³-hybridized carbons (Fsp3) is 0.417. The fourth-order valence-corrected chi connectivity index (χ4v) is 2.31. The first kappa shape index (κ1) is 13.8. The predicted molar refractivity (Wildman–Crippen MR) is 71.9 cm³/mol. The summed E-state index contributed by atoms with van der Waals surface area (Å²) in [5.41, 5.74) is -0.581. The van der Waals surface area contributed by atoms with E-state index in [4.69, 9.17) is 16.3 Å². The van der Waals surface area contributed by atoms with Gasteiger partial charge in [-0.25, -0.2) is 0 Å². The van der Waals surface area contributed by atoms with Crippen LogP contribution in [0.25, 0.3) is 0 Å². The quantitative estimate of drug-likeness (QED) is 0.889. The van der Waals surface area contributed by atoms with Crippen LogP contribution in [-0.2, 0) is 4.74 Å². The number of carbonyl (C=O) groups is 1. The van der Waals surface area contributed by atoms with Crippen LogP contribution in [0, 0.1) is 0 Å². The minimum Gasteiger partial charge on any atom is -0.386 e. The Morgan fingerprint density at radius 1 is 1.61 bits per heavy atom. The highest BCUT2D eigenvalue weighted by Gasteiger charge is 2.32. The monoisotopic (exact) mass is 333 g/mol. The van der Waals surface area contributed by atoms with E-state index in [0.29, 0.717) is 23.6 Å². The first-order valence-corrected chi connectivity index (χ1v) is 6.71. The molecule has 0 unspecified atom stereocenters. The molecule has 2 rings (SSSR count). The molecular formula is C12H13BrClNO3. The van der Waals surface area contributed by atoms with Crippen molar-refractivity contribution in [1.82, 2.24) is 5.32 Å². The second-order valence-electron chi connectivity index (χ2n) is 4.33. The number of aliphatic hydroxyl groups is 1. The number of carbonyl (C=O) groups excluding carboxylic acids is 1. The van der Waals surface area contributed by atoms with Crippen molar-refractivity contribution < 1.29 is 14.6 Å². The molecule has 0 bridgehead atoms. The van der Waals surface area contributed by atoms with Crippen LogP contribution >= 0.6 is 27.5 Å². The SMILES string of the molecule is O=C(NC[C@]1(O)CCOC1)c1cc(Br)ccc1Cl. The Labute approximate surface area is 118 Å². The van der Waals surface area contributed by atoms with Gasteiger partial charge in [-0.05, 0) is 18.2 Å². The number of benzene rings is 1. The van der Waals surface area contributed by atoms with E-state index in [1.54, 1.807) is 18.2 Å². The largest absolute Gasteiger partial charge is 0.386 e. The van der Waals surface area contributed by atoms with E-state index in [1.807, 2.05) is 0 Å². The topological polar surface area (TPSA) is 58.6 Å². The molecular weight excluding hydrogens is 321 g/mol. The Hall–Kier alpha value is -0.620. The first-order chi connectivity index (χ1) is 8.50. The summed E-state index contributed by atoms with van der Waals surface area (Å²) in [6, 6.07) is 5.05. The summed E-state index contributed by atoms with van der Waals surface area (Å²) in [5, 5.41) is 13.1. The zero-order chi connectivity index (χ0) is 13.2. The van der Waals surface area contributed by atoms with Crippen molar-refractivity contribution in [2.75, 3.05) is 19.8 Å². The molecule has 1 saturated heterocycles. The highest BCUT2D eigenvalue weighted by Crippen LogP contribution is 2.22. The molecule has 1 fully saturated rings. The summed E-state index contributed by atoms with van der Waals surface area (Å²) in [6.45, 7) is 0.929. The summed E-state index contributed by atoms with van der Waals surface area (Å²) in [7, 11) is 0. The van der Waals surface area contributed by atoms with Crippen LogP contribution in [0.3, 0.4) is 0 Å². The third kappa shape index (κ3) is 3.23. The van der Waals surface area contributed by atoms with Gasteiger partial charge in [-0.3, -0.25) is 4.79 Å². The summed E-state index contributed by atoms with van der Waals surface area (Å²) in [5.74, 6) is -0.304. The van der Waals surface area contributed by atoms with Crippen molar-refractivity contribution in [2.45, 2.75) is 12.0 Å². The van der Waals surface area contributed by atoms with Crippen molar-refractivity contribution >= 4 is 33.4 Å². The van der Waals surface area contributed by atoms with Crippen molar-refractivity contribution in [3.63, 3.8) is 0 Å². The molecule has 1 amide bonds. The summed E-state index contributed by atoms with van der Waals surface area (Å²) in [6.07, 6.45) is 0.527. The van der Waals surface area contributed by atoms with Gasteiger partial charge in [-0.15, -0.1) is 0 Å². The van der Waals surface area contributed by atoms with Gasteiger partial charge in [0.15, 0.2) is 0 Å². The average molecular weight is 335 g/mol. The Balaban J connectivity index is 2.01. The maximum absolute atomic E-state index is 11.9. The number of nitrogens with one attached hydrogen (secondary N) is 1. The molecule has 1 aliphatic heterocycles. The van der Waals surface area contributed by atoms with Gasteiger partial charge in [0.1, 0.15) is 5.60 Å². The molecule has 18 heavy (non-hydrogen) atoms. The smallest absolute Gasteiger partial charge is 0.252 e. The summed E-state index contributed by atoms with van der Waals surface area (Å²) < 4.78 is 5.88. The molecule has 2 N–H and O–H groups in total. The van der Waals surface area contributed by atoms with E-state index in [9.17, 15) is 9.90 Å². The highest BCUT2D eigenvalue weighted by molar-refractivity contribution is 9.10. The maximum Gasteiger partial charge on any atom is 0.252 e. The average Bonchev–Trinajstić information content (AvgIpc) is 2.77. The Bertz CT molecular complexity index is 461. The molecule has 1 heterocycles. The molecule has 1 aromatic rings. The predicted octanol–water partition coefficient (Wildman–Crippen LogP) is 1.98. The number of hydrogen-bond acceptors (Lipinski definition) is 3. The molecule has 0 radical (unpaired) electrons. The lowest BCUT2D eigenvalue weighted by atomic mass is 10.0. The Kier molecular flexibility index (Phi) is 4.27. The zero-order valence-electron chi connectivity index (χ0n) is 9.58. The van der Waals surface area contributed by atoms with E-state index in [0.717, 1.165) is 4.47 Å². The van der Waals surface area contributed by atoms with Crippen LogP contribution < -0.4 is 5.32 Å². The Morgan fingerprint density at radius 3 is 3.06 bits per heavy atom. The zero-order valence-corrected chi connectivity index (χ0v) is 11.9. The van der Waals surface area contributed by atoms with E-state index >= 15 is 0 Å². The van der Waals surface area contributed by atoms with Crippen LogP contribution in [0.4, 0.5) is 0 Å².